The molecule has 1 aliphatic rings. The van der Waals surface area contributed by atoms with Crippen molar-refractivity contribution in [1.82, 2.24) is 14.9 Å². The molecule has 7 nitrogen and oxygen atoms in total. The molecule has 0 amide bonds. The Morgan fingerprint density at radius 2 is 1.90 bits per heavy atom. The minimum absolute atomic E-state index is 0.00870. The van der Waals surface area contributed by atoms with Gasteiger partial charge < -0.3 is 20.8 Å². The number of rotatable bonds is 4. The number of phenolic OH excluding ortho intramolecular Hbond substituents is 1. The number of hydrogen-bond acceptors (Lipinski definition) is 6. The first kappa shape index (κ1) is 20.7. The maximum Gasteiger partial charge on any atom is 0.354 e. The van der Waals surface area contributed by atoms with Gasteiger partial charge in [0.15, 0.2) is 0 Å². The summed E-state index contributed by atoms with van der Waals surface area (Å²) in [5, 5.41) is 18.8. The highest BCUT2D eigenvalue weighted by atomic mass is 16.4. The Labute approximate surface area is 169 Å². The van der Waals surface area contributed by atoms with Gasteiger partial charge in [0, 0.05) is 36.3 Å². The van der Waals surface area contributed by atoms with Crippen LogP contribution in [-0.4, -0.2) is 57.2 Å². The lowest BCUT2D eigenvalue weighted by Gasteiger charge is -2.31. The van der Waals surface area contributed by atoms with Crippen molar-refractivity contribution in [2.75, 3.05) is 26.2 Å². The van der Waals surface area contributed by atoms with E-state index in [4.69, 9.17) is 10.8 Å². The fourth-order valence-corrected chi connectivity index (χ4v) is 3.50. The van der Waals surface area contributed by atoms with Gasteiger partial charge in [-0.3, -0.25) is 4.98 Å². The summed E-state index contributed by atoms with van der Waals surface area (Å²) >= 11 is 0. The van der Waals surface area contributed by atoms with Crippen LogP contribution in [0.2, 0.25) is 0 Å². The molecule has 2 aromatic heterocycles. The van der Waals surface area contributed by atoms with Crippen molar-refractivity contribution in [2.24, 2.45) is 5.73 Å². The van der Waals surface area contributed by atoms with Crippen LogP contribution in [-0.2, 0) is 0 Å². The number of nitrogens with zero attached hydrogens (tertiary/aromatic N) is 3. The molecule has 152 valence electrons. The molecule has 4 rings (SSSR count). The lowest BCUT2D eigenvalue weighted by Crippen LogP contribution is -2.36. The SMILES string of the molecule is NCCN1CCC(c2ccccn2)CC1.O=C(O)c1ccc2cccc(O)c2n1. The van der Waals surface area contributed by atoms with Crippen LogP contribution in [0, 0.1) is 0 Å². The molecule has 29 heavy (non-hydrogen) atoms. The van der Waals surface area contributed by atoms with Crippen molar-refractivity contribution >= 4 is 16.9 Å². The number of piperidine rings is 1. The number of hydrogen-bond donors (Lipinski definition) is 3. The summed E-state index contributed by atoms with van der Waals surface area (Å²) in [6, 6.07) is 14.1. The highest BCUT2D eigenvalue weighted by Crippen LogP contribution is 2.26. The van der Waals surface area contributed by atoms with Gasteiger partial charge in [-0.05, 0) is 50.2 Å². The van der Waals surface area contributed by atoms with Gasteiger partial charge in [0.05, 0.1) is 0 Å². The predicted molar refractivity (Wildman–Crippen MR) is 112 cm³/mol. The molecule has 0 unspecified atom stereocenters. The van der Waals surface area contributed by atoms with Gasteiger partial charge in [-0.2, -0.15) is 0 Å². The summed E-state index contributed by atoms with van der Waals surface area (Å²) in [4.78, 5) is 21.3. The van der Waals surface area contributed by atoms with Crippen molar-refractivity contribution < 1.29 is 15.0 Å². The van der Waals surface area contributed by atoms with E-state index in [9.17, 15) is 9.90 Å². The Bertz CT molecular complexity index is 941. The molecular formula is C22H26N4O3. The van der Waals surface area contributed by atoms with E-state index in [1.807, 2.05) is 12.3 Å². The smallest absolute Gasteiger partial charge is 0.354 e. The molecule has 4 N–H and O–H groups in total. The van der Waals surface area contributed by atoms with Crippen LogP contribution in [0.5, 0.6) is 5.75 Å². The third-order valence-electron chi connectivity index (χ3n) is 5.06. The number of aromatic hydroxyl groups is 1. The maximum absolute atomic E-state index is 10.6. The second-order valence-corrected chi connectivity index (χ2v) is 7.01. The van der Waals surface area contributed by atoms with E-state index in [2.05, 4.69) is 27.0 Å². The summed E-state index contributed by atoms with van der Waals surface area (Å²) < 4.78 is 0. The number of nitrogens with two attached hydrogens (primary N) is 1. The Hall–Kier alpha value is -3.03. The zero-order valence-corrected chi connectivity index (χ0v) is 16.2. The Morgan fingerprint density at radius 3 is 2.55 bits per heavy atom. The Kier molecular flexibility index (Phi) is 7.10. The second-order valence-electron chi connectivity index (χ2n) is 7.01. The number of carboxylic acid groups (broad SMARTS) is 1. The van der Waals surface area contributed by atoms with Crippen molar-refractivity contribution in [3.05, 3.63) is 66.1 Å². The van der Waals surface area contributed by atoms with Gasteiger partial charge >= 0.3 is 5.97 Å². The average Bonchev–Trinajstić information content (AvgIpc) is 2.76. The lowest BCUT2D eigenvalue weighted by atomic mass is 9.93. The van der Waals surface area contributed by atoms with Crippen LogP contribution < -0.4 is 5.73 Å². The number of para-hydroxylation sites is 1. The standard InChI is InChI=1S/C12H19N3.C10H7NO3/c13-6-10-15-8-4-11(5-9-15)12-3-1-2-7-14-12;12-8-3-1-2-6-4-5-7(10(13)14)11-9(6)8/h1-3,7,11H,4-6,8-10,13H2;1-5,12H,(H,13,14). The zero-order chi connectivity index (χ0) is 20.6. The number of carboxylic acids is 1. The summed E-state index contributed by atoms with van der Waals surface area (Å²) in [6.07, 6.45) is 4.33. The molecule has 0 spiro atoms. The van der Waals surface area contributed by atoms with Crippen LogP contribution in [0.15, 0.2) is 54.7 Å². The highest BCUT2D eigenvalue weighted by molar-refractivity contribution is 5.91. The van der Waals surface area contributed by atoms with E-state index in [1.54, 1.807) is 18.2 Å². The molecule has 1 fully saturated rings. The van der Waals surface area contributed by atoms with Gasteiger partial charge in [0.25, 0.3) is 0 Å². The number of phenols is 1. The fourth-order valence-electron chi connectivity index (χ4n) is 3.50. The van der Waals surface area contributed by atoms with E-state index in [0.29, 0.717) is 11.4 Å². The number of pyridine rings is 2. The molecule has 0 aliphatic carbocycles. The van der Waals surface area contributed by atoms with Crippen LogP contribution in [0.25, 0.3) is 10.9 Å². The number of likely N-dealkylation sites (tertiary alicyclic amines) is 1. The predicted octanol–water partition coefficient (Wildman–Crippen LogP) is 2.86. The second kappa shape index (κ2) is 9.95. The molecule has 0 bridgehead atoms. The van der Waals surface area contributed by atoms with E-state index < -0.39 is 5.97 Å². The first-order valence-corrected chi connectivity index (χ1v) is 9.74. The first-order valence-electron chi connectivity index (χ1n) is 9.74. The third kappa shape index (κ3) is 5.49. The zero-order valence-electron chi connectivity index (χ0n) is 16.2. The van der Waals surface area contributed by atoms with E-state index >= 15 is 0 Å². The molecule has 1 aliphatic heterocycles. The van der Waals surface area contributed by atoms with Crippen molar-refractivity contribution in [2.45, 2.75) is 18.8 Å². The summed E-state index contributed by atoms with van der Waals surface area (Å²) in [5.41, 5.74) is 7.05. The summed E-state index contributed by atoms with van der Waals surface area (Å²) in [7, 11) is 0. The van der Waals surface area contributed by atoms with Gasteiger partial charge in [-0.1, -0.05) is 24.3 Å². The number of carbonyl (C=O) groups is 1. The average molecular weight is 394 g/mol. The number of aromatic carboxylic acids is 1. The highest BCUT2D eigenvalue weighted by Gasteiger charge is 2.20. The topological polar surface area (TPSA) is 113 Å². The quantitative estimate of drug-likeness (QED) is 0.624. The van der Waals surface area contributed by atoms with E-state index in [1.165, 1.54) is 43.8 Å². The van der Waals surface area contributed by atoms with Crippen LogP contribution in [0.1, 0.15) is 34.9 Å². The molecule has 1 saturated heterocycles. The summed E-state index contributed by atoms with van der Waals surface area (Å²) in [5.74, 6) is -0.457. The molecule has 0 saturated carbocycles. The fraction of sp³-hybridized carbons (Fsp3) is 0.318. The van der Waals surface area contributed by atoms with Crippen molar-refractivity contribution in [3.63, 3.8) is 0 Å². The molecule has 3 heterocycles. The molecule has 0 radical (unpaired) electrons. The molecule has 7 heteroatoms. The maximum atomic E-state index is 10.6. The van der Waals surface area contributed by atoms with Gasteiger partial charge in [0.2, 0.25) is 0 Å². The first-order chi connectivity index (χ1) is 14.1. The minimum atomic E-state index is -1.10. The van der Waals surface area contributed by atoms with Gasteiger partial charge in [-0.25, -0.2) is 9.78 Å². The van der Waals surface area contributed by atoms with Crippen LogP contribution >= 0.6 is 0 Å². The van der Waals surface area contributed by atoms with Crippen molar-refractivity contribution in [3.8, 4) is 5.75 Å². The van der Waals surface area contributed by atoms with E-state index in [-0.39, 0.29) is 11.4 Å². The van der Waals surface area contributed by atoms with Gasteiger partial charge in [0.1, 0.15) is 17.0 Å². The van der Waals surface area contributed by atoms with Gasteiger partial charge in [-0.15, -0.1) is 0 Å². The minimum Gasteiger partial charge on any atom is -0.506 e. The van der Waals surface area contributed by atoms with Crippen molar-refractivity contribution in [1.29, 1.82) is 0 Å². The Balaban J connectivity index is 0.000000166. The van der Waals surface area contributed by atoms with Crippen LogP contribution in [0.3, 0.4) is 0 Å². The number of aromatic nitrogens is 2. The van der Waals surface area contributed by atoms with Crippen LogP contribution in [0.4, 0.5) is 0 Å². The lowest BCUT2D eigenvalue weighted by molar-refractivity contribution is 0.0691. The molecule has 1 aromatic carbocycles. The number of benzene rings is 1. The summed E-state index contributed by atoms with van der Waals surface area (Å²) in [6.45, 7) is 4.14. The molecule has 0 atom stereocenters. The Morgan fingerprint density at radius 1 is 1.10 bits per heavy atom. The van der Waals surface area contributed by atoms with E-state index in [0.717, 1.165) is 18.5 Å². The molecule has 3 aromatic rings. The largest absolute Gasteiger partial charge is 0.506 e. The monoisotopic (exact) mass is 394 g/mol. The third-order valence-corrected chi connectivity index (χ3v) is 5.06. The number of fused-ring (bicyclic) bond motifs is 1. The normalized spacial score (nSPS) is 14.9. The molecular weight excluding hydrogens is 368 g/mol.